The van der Waals surface area contributed by atoms with Gasteiger partial charge < -0.3 is 14.3 Å². The molecule has 1 aromatic heterocycles. The lowest BCUT2D eigenvalue weighted by molar-refractivity contribution is -0.139. The van der Waals surface area contributed by atoms with Crippen LogP contribution in [0, 0.1) is 6.92 Å². The van der Waals surface area contributed by atoms with Gasteiger partial charge in [-0.1, -0.05) is 49.7 Å². The number of ketones is 1. The summed E-state index contributed by atoms with van der Waals surface area (Å²) in [5.74, 6) is 0.213. The zero-order valence-corrected chi connectivity index (χ0v) is 17.6. The molecule has 31 heavy (non-hydrogen) atoms. The quantitative estimate of drug-likeness (QED) is 0.336. The molecule has 5 heteroatoms. The summed E-state index contributed by atoms with van der Waals surface area (Å²) < 4.78 is 11.5. The van der Waals surface area contributed by atoms with Crippen LogP contribution in [-0.2, 0) is 4.79 Å². The van der Waals surface area contributed by atoms with Gasteiger partial charge in [-0.3, -0.25) is 4.79 Å². The maximum atomic E-state index is 13.0. The highest BCUT2D eigenvalue weighted by atomic mass is 16.5. The van der Waals surface area contributed by atoms with Crippen LogP contribution in [0.2, 0.25) is 0 Å². The van der Waals surface area contributed by atoms with E-state index in [1.54, 1.807) is 6.07 Å². The van der Waals surface area contributed by atoms with E-state index in [0.717, 1.165) is 40.1 Å². The van der Waals surface area contributed by atoms with E-state index in [9.17, 15) is 9.59 Å². The third-order valence-corrected chi connectivity index (χ3v) is 5.48. The van der Waals surface area contributed by atoms with Gasteiger partial charge in [0.15, 0.2) is 12.4 Å². The number of carbonyl (C=O) groups is 2. The first kappa shape index (κ1) is 20.7. The van der Waals surface area contributed by atoms with Gasteiger partial charge in [0, 0.05) is 17.4 Å². The van der Waals surface area contributed by atoms with Gasteiger partial charge in [0.25, 0.3) is 0 Å². The molecule has 0 aliphatic carbocycles. The molecule has 4 rings (SSSR count). The third-order valence-electron chi connectivity index (χ3n) is 5.48. The van der Waals surface area contributed by atoms with Crippen LogP contribution in [0.1, 0.15) is 42.1 Å². The lowest BCUT2D eigenvalue weighted by atomic mass is 9.96. The second-order valence-corrected chi connectivity index (χ2v) is 7.64. The highest BCUT2D eigenvalue weighted by molar-refractivity contribution is 6.12. The summed E-state index contributed by atoms with van der Waals surface area (Å²) in [6.45, 7) is 3.59. The Morgan fingerprint density at radius 2 is 1.84 bits per heavy atom. The number of aryl methyl sites for hydroxylation is 1. The molecule has 0 saturated heterocycles. The summed E-state index contributed by atoms with van der Waals surface area (Å²) in [6, 6.07) is 17.2. The van der Waals surface area contributed by atoms with Crippen LogP contribution >= 0.6 is 0 Å². The van der Waals surface area contributed by atoms with Gasteiger partial charge >= 0.3 is 5.97 Å². The topological polar surface area (TPSA) is 76.7 Å². The molecule has 0 amide bonds. The highest BCUT2D eigenvalue weighted by Gasteiger charge is 2.22. The number of benzene rings is 3. The number of carboxylic acids is 1. The molecule has 158 valence electrons. The largest absolute Gasteiger partial charge is 0.482 e. The van der Waals surface area contributed by atoms with Crippen LogP contribution in [0.25, 0.3) is 33.1 Å². The predicted octanol–water partition coefficient (Wildman–Crippen LogP) is 6.40. The summed E-state index contributed by atoms with van der Waals surface area (Å²) in [7, 11) is 0. The SMILES string of the molecule is CCCCC(=O)c1c(-c2ccc3c(C)c(OCC(=O)O)ccc3c2)oc2ccccc12. The minimum Gasteiger partial charge on any atom is -0.482 e. The molecule has 3 aromatic carbocycles. The number of hydrogen-bond acceptors (Lipinski definition) is 4. The van der Waals surface area contributed by atoms with E-state index < -0.39 is 5.97 Å². The lowest BCUT2D eigenvalue weighted by Crippen LogP contribution is -2.10. The van der Waals surface area contributed by atoms with Crippen molar-refractivity contribution in [3.8, 4) is 17.1 Å². The molecule has 0 fully saturated rings. The number of fused-ring (bicyclic) bond motifs is 2. The Hall–Kier alpha value is -3.60. The monoisotopic (exact) mass is 416 g/mol. The van der Waals surface area contributed by atoms with Crippen LogP contribution in [0.5, 0.6) is 5.75 Å². The van der Waals surface area contributed by atoms with Gasteiger partial charge in [-0.25, -0.2) is 4.79 Å². The Labute approximate surface area is 180 Å². The van der Waals surface area contributed by atoms with Gasteiger partial charge in [0.1, 0.15) is 17.1 Å². The average molecular weight is 416 g/mol. The fourth-order valence-electron chi connectivity index (χ4n) is 3.89. The van der Waals surface area contributed by atoms with Crippen molar-refractivity contribution in [2.24, 2.45) is 0 Å². The number of rotatable bonds is 8. The van der Waals surface area contributed by atoms with Crippen LogP contribution in [0.15, 0.2) is 59.0 Å². The van der Waals surface area contributed by atoms with Crippen molar-refractivity contribution in [1.82, 2.24) is 0 Å². The van der Waals surface area contributed by atoms with Gasteiger partial charge in [-0.15, -0.1) is 0 Å². The smallest absolute Gasteiger partial charge is 0.341 e. The molecule has 0 saturated carbocycles. The first-order chi connectivity index (χ1) is 15.0. The summed E-state index contributed by atoms with van der Waals surface area (Å²) >= 11 is 0. The van der Waals surface area contributed by atoms with E-state index in [2.05, 4.69) is 6.92 Å². The van der Waals surface area contributed by atoms with Gasteiger partial charge in [0.05, 0.1) is 5.56 Å². The molecule has 4 aromatic rings. The molecule has 0 unspecified atom stereocenters. The van der Waals surface area contributed by atoms with Crippen molar-refractivity contribution < 1.29 is 23.8 Å². The molecule has 1 heterocycles. The van der Waals surface area contributed by atoms with E-state index in [-0.39, 0.29) is 12.4 Å². The Balaban J connectivity index is 1.80. The Morgan fingerprint density at radius 1 is 1.03 bits per heavy atom. The second-order valence-electron chi connectivity index (χ2n) is 7.64. The minimum atomic E-state index is -1.01. The van der Waals surface area contributed by atoms with E-state index >= 15 is 0 Å². The first-order valence-electron chi connectivity index (χ1n) is 10.4. The summed E-state index contributed by atoms with van der Waals surface area (Å²) in [5.41, 5.74) is 3.05. The maximum absolute atomic E-state index is 13.0. The number of para-hydroxylation sites is 1. The average Bonchev–Trinajstić information content (AvgIpc) is 3.16. The van der Waals surface area contributed by atoms with Crippen LogP contribution in [-0.4, -0.2) is 23.5 Å². The maximum Gasteiger partial charge on any atom is 0.341 e. The molecule has 0 atom stereocenters. The molecule has 0 spiro atoms. The van der Waals surface area contributed by atoms with Crippen LogP contribution in [0.4, 0.5) is 0 Å². The number of furan rings is 1. The van der Waals surface area contributed by atoms with Gasteiger partial charge in [0.2, 0.25) is 0 Å². The summed E-state index contributed by atoms with van der Waals surface area (Å²) in [4.78, 5) is 23.9. The van der Waals surface area contributed by atoms with Crippen LogP contribution in [0.3, 0.4) is 0 Å². The van der Waals surface area contributed by atoms with E-state index in [0.29, 0.717) is 29.1 Å². The van der Waals surface area contributed by atoms with Crippen molar-refractivity contribution >= 4 is 33.5 Å². The predicted molar refractivity (Wildman–Crippen MR) is 121 cm³/mol. The summed E-state index contributed by atoms with van der Waals surface area (Å²) in [6.07, 6.45) is 2.29. The lowest BCUT2D eigenvalue weighted by Gasteiger charge is -2.11. The Bertz CT molecular complexity index is 1280. The molecular weight excluding hydrogens is 392 g/mol. The number of hydrogen-bond donors (Lipinski definition) is 1. The first-order valence-corrected chi connectivity index (χ1v) is 10.4. The molecule has 0 aliphatic rings. The molecule has 0 radical (unpaired) electrons. The normalized spacial score (nSPS) is 11.2. The van der Waals surface area contributed by atoms with Gasteiger partial charge in [-0.05, 0) is 47.9 Å². The molecule has 0 bridgehead atoms. The molecule has 5 nitrogen and oxygen atoms in total. The number of Topliss-reactive ketones (excluding diaryl/α,β-unsaturated/α-hetero) is 1. The number of ether oxygens (including phenoxy) is 1. The molecule has 1 N–H and O–H groups in total. The van der Waals surface area contributed by atoms with Crippen molar-refractivity contribution in [3.63, 3.8) is 0 Å². The van der Waals surface area contributed by atoms with Crippen molar-refractivity contribution in [2.75, 3.05) is 6.61 Å². The number of carbonyl (C=O) groups excluding carboxylic acids is 1. The standard InChI is InChI=1S/C26H24O5/c1-3-4-8-21(27)25-20-7-5-6-9-23(20)31-26(25)18-10-12-19-16(2)22(30-15-24(28)29)13-11-17(19)14-18/h5-7,9-14H,3-4,8,15H2,1-2H3,(H,28,29). The van der Waals surface area contributed by atoms with Crippen LogP contribution < -0.4 is 4.74 Å². The van der Waals surface area contributed by atoms with Crippen molar-refractivity contribution in [3.05, 3.63) is 65.7 Å². The Kier molecular flexibility index (Phi) is 5.76. The zero-order chi connectivity index (χ0) is 22.0. The number of aliphatic carboxylic acids is 1. The second kappa shape index (κ2) is 8.64. The van der Waals surface area contributed by atoms with E-state index in [4.69, 9.17) is 14.3 Å². The highest BCUT2D eigenvalue weighted by Crippen LogP contribution is 2.37. The van der Waals surface area contributed by atoms with Gasteiger partial charge in [-0.2, -0.15) is 0 Å². The Morgan fingerprint density at radius 3 is 2.61 bits per heavy atom. The molecule has 0 aliphatic heterocycles. The number of unbranched alkanes of at least 4 members (excludes halogenated alkanes) is 1. The third kappa shape index (κ3) is 4.04. The zero-order valence-electron chi connectivity index (χ0n) is 17.6. The fourth-order valence-corrected chi connectivity index (χ4v) is 3.89. The summed E-state index contributed by atoms with van der Waals surface area (Å²) in [5, 5.41) is 11.6. The van der Waals surface area contributed by atoms with E-state index in [1.165, 1.54) is 0 Å². The molecular formula is C26H24O5. The number of carboxylic acid groups (broad SMARTS) is 1. The van der Waals surface area contributed by atoms with Crippen molar-refractivity contribution in [2.45, 2.75) is 33.1 Å². The van der Waals surface area contributed by atoms with Crippen molar-refractivity contribution in [1.29, 1.82) is 0 Å². The van der Waals surface area contributed by atoms with E-state index in [1.807, 2.05) is 55.5 Å². The fraction of sp³-hybridized carbons (Fsp3) is 0.231. The minimum absolute atomic E-state index is 0.0931.